The van der Waals surface area contributed by atoms with Crippen LogP contribution in [0.3, 0.4) is 0 Å². The highest BCUT2D eigenvalue weighted by atomic mass is 16.5. The van der Waals surface area contributed by atoms with Crippen molar-refractivity contribution in [1.29, 1.82) is 0 Å². The van der Waals surface area contributed by atoms with E-state index in [1.165, 1.54) is 4.90 Å². The molecule has 0 saturated carbocycles. The van der Waals surface area contributed by atoms with Gasteiger partial charge in [0.15, 0.2) is 0 Å². The maximum atomic E-state index is 12.0. The Morgan fingerprint density at radius 3 is 2.12 bits per heavy atom. The summed E-state index contributed by atoms with van der Waals surface area (Å²) in [5.74, 6) is -0.630. The van der Waals surface area contributed by atoms with E-state index in [-0.39, 0.29) is 11.8 Å². The number of imide groups is 1. The van der Waals surface area contributed by atoms with Crippen LogP contribution in [0.1, 0.15) is 33.6 Å². The molecule has 2 aliphatic rings. The normalized spacial score (nSPS) is 32.1. The molecule has 2 saturated heterocycles. The van der Waals surface area contributed by atoms with Crippen LogP contribution in [-0.4, -0.2) is 45.7 Å². The number of morpholine rings is 1. The van der Waals surface area contributed by atoms with Gasteiger partial charge < -0.3 is 9.84 Å². The predicted molar refractivity (Wildman–Crippen MR) is 55.5 cm³/mol. The number of rotatable bonds is 2. The van der Waals surface area contributed by atoms with E-state index in [9.17, 15) is 14.7 Å². The van der Waals surface area contributed by atoms with Gasteiger partial charge in [0.05, 0.1) is 11.6 Å². The molecule has 0 aliphatic carbocycles. The van der Waals surface area contributed by atoms with Crippen molar-refractivity contribution >= 4 is 11.8 Å². The summed E-state index contributed by atoms with van der Waals surface area (Å²) < 4.78 is 5.30. The van der Waals surface area contributed by atoms with Crippen LogP contribution in [0.15, 0.2) is 0 Å². The molecule has 3 atom stereocenters. The minimum atomic E-state index is -0.876. The van der Waals surface area contributed by atoms with Crippen LogP contribution in [0, 0.1) is 0 Å². The molecule has 2 rings (SSSR count). The molecular formula is C11H17NO4. The Kier molecular flexibility index (Phi) is 2.55. The number of carbonyl (C=O) groups is 2. The summed E-state index contributed by atoms with van der Waals surface area (Å²) in [6.45, 7) is 4.97. The number of ether oxygens (including phenoxy) is 1. The van der Waals surface area contributed by atoms with E-state index in [4.69, 9.17) is 4.74 Å². The summed E-state index contributed by atoms with van der Waals surface area (Å²) in [6, 6.07) is 0. The Labute approximate surface area is 94.4 Å². The summed E-state index contributed by atoms with van der Waals surface area (Å²) in [4.78, 5) is 25.2. The lowest BCUT2D eigenvalue weighted by molar-refractivity contribution is -0.179. The van der Waals surface area contributed by atoms with Crippen LogP contribution in [0.5, 0.6) is 0 Å². The van der Waals surface area contributed by atoms with Gasteiger partial charge >= 0.3 is 0 Å². The number of fused-ring (bicyclic) bond motifs is 2. The Morgan fingerprint density at radius 2 is 1.75 bits per heavy atom. The average Bonchev–Trinajstić information content (AvgIpc) is 2.60. The van der Waals surface area contributed by atoms with E-state index < -0.39 is 23.9 Å². The monoisotopic (exact) mass is 227 g/mol. The summed E-state index contributed by atoms with van der Waals surface area (Å²) in [7, 11) is 0. The molecule has 0 aromatic rings. The Hall–Kier alpha value is -0.940. The fourth-order valence-electron chi connectivity index (χ4n) is 2.15. The maximum absolute atomic E-state index is 12.0. The van der Waals surface area contributed by atoms with Crippen molar-refractivity contribution in [3.63, 3.8) is 0 Å². The van der Waals surface area contributed by atoms with Gasteiger partial charge in [-0.1, -0.05) is 0 Å². The van der Waals surface area contributed by atoms with Gasteiger partial charge in [0, 0.05) is 0 Å². The standard InChI is InChI=1S/C11H17NO4/c1-6(13)11(2,3)12-9(14)7-4-5-8(16-7)10(12)15/h6-8,13H,4-5H2,1-3H3. The number of aliphatic hydroxyl groups excluding tert-OH is 1. The van der Waals surface area contributed by atoms with Gasteiger partial charge in [0.25, 0.3) is 11.8 Å². The third kappa shape index (κ3) is 1.46. The molecule has 2 amide bonds. The van der Waals surface area contributed by atoms with Crippen LogP contribution in [0.4, 0.5) is 0 Å². The van der Waals surface area contributed by atoms with Crippen LogP contribution in [0.25, 0.3) is 0 Å². The molecule has 5 nitrogen and oxygen atoms in total. The Bertz CT molecular complexity index is 315. The molecule has 5 heteroatoms. The first kappa shape index (κ1) is 11.5. The van der Waals surface area contributed by atoms with E-state index >= 15 is 0 Å². The van der Waals surface area contributed by atoms with E-state index in [0.29, 0.717) is 12.8 Å². The van der Waals surface area contributed by atoms with Gasteiger partial charge in [0.2, 0.25) is 0 Å². The Balaban J connectivity index is 2.33. The van der Waals surface area contributed by atoms with Crippen LogP contribution >= 0.6 is 0 Å². The minimum Gasteiger partial charge on any atom is -0.391 e. The van der Waals surface area contributed by atoms with Crippen molar-refractivity contribution in [3.05, 3.63) is 0 Å². The fraction of sp³-hybridized carbons (Fsp3) is 0.818. The molecule has 2 bridgehead atoms. The molecule has 0 aromatic carbocycles. The average molecular weight is 227 g/mol. The molecule has 3 unspecified atom stereocenters. The third-order valence-corrected chi connectivity index (χ3v) is 3.61. The van der Waals surface area contributed by atoms with E-state index in [2.05, 4.69) is 0 Å². The molecule has 0 radical (unpaired) electrons. The molecule has 0 aromatic heterocycles. The van der Waals surface area contributed by atoms with Gasteiger partial charge in [-0.25, -0.2) is 0 Å². The number of carbonyl (C=O) groups excluding carboxylic acids is 2. The summed E-state index contributed by atoms with van der Waals surface area (Å²) in [5.41, 5.74) is -0.876. The second-order valence-corrected chi connectivity index (χ2v) is 5.03. The number of nitrogens with zero attached hydrogens (tertiary/aromatic N) is 1. The molecule has 2 heterocycles. The second-order valence-electron chi connectivity index (χ2n) is 5.03. The zero-order chi connectivity index (χ0) is 12.1. The van der Waals surface area contributed by atoms with Crippen molar-refractivity contribution in [2.75, 3.05) is 0 Å². The molecule has 90 valence electrons. The highest BCUT2D eigenvalue weighted by molar-refractivity contribution is 6.03. The molecule has 1 N–H and O–H groups in total. The number of amides is 2. The van der Waals surface area contributed by atoms with Gasteiger partial charge in [-0.05, 0) is 33.6 Å². The first-order chi connectivity index (χ1) is 7.35. The predicted octanol–water partition coefficient (Wildman–Crippen LogP) is 0.0622. The van der Waals surface area contributed by atoms with Crippen molar-refractivity contribution in [2.24, 2.45) is 0 Å². The molecule has 0 spiro atoms. The SMILES string of the molecule is CC(O)C(C)(C)N1C(=O)C2CCC(O2)C1=O. The van der Waals surface area contributed by atoms with Crippen LogP contribution in [0.2, 0.25) is 0 Å². The van der Waals surface area contributed by atoms with Crippen molar-refractivity contribution < 1.29 is 19.4 Å². The maximum Gasteiger partial charge on any atom is 0.259 e. The fourth-order valence-corrected chi connectivity index (χ4v) is 2.15. The zero-order valence-electron chi connectivity index (χ0n) is 9.77. The van der Waals surface area contributed by atoms with E-state index in [0.717, 1.165) is 0 Å². The number of likely N-dealkylation sites (tertiary alicyclic amines) is 1. The van der Waals surface area contributed by atoms with Crippen molar-refractivity contribution in [1.82, 2.24) is 4.90 Å². The summed E-state index contributed by atoms with van der Waals surface area (Å²) in [6.07, 6.45) is -0.567. The largest absolute Gasteiger partial charge is 0.391 e. The first-order valence-electron chi connectivity index (χ1n) is 5.57. The highest BCUT2D eigenvalue weighted by Crippen LogP contribution is 2.33. The number of hydrogen-bond donors (Lipinski definition) is 1. The molecule has 2 aliphatic heterocycles. The lowest BCUT2D eigenvalue weighted by Gasteiger charge is -2.42. The van der Waals surface area contributed by atoms with Crippen molar-refractivity contribution in [3.8, 4) is 0 Å². The topological polar surface area (TPSA) is 66.8 Å². The van der Waals surface area contributed by atoms with Crippen LogP contribution in [-0.2, 0) is 14.3 Å². The van der Waals surface area contributed by atoms with Gasteiger partial charge in [-0.15, -0.1) is 0 Å². The summed E-state index contributed by atoms with van der Waals surface area (Å²) in [5, 5.41) is 9.67. The van der Waals surface area contributed by atoms with Gasteiger partial charge in [-0.2, -0.15) is 0 Å². The number of aliphatic hydroxyl groups is 1. The highest BCUT2D eigenvalue weighted by Gasteiger charge is 2.52. The van der Waals surface area contributed by atoms with E-state index in [1.807, 2.05) is 0 Å². The quantitative estimate of drug-likeness (QED) is 0.677. The summed E-state index contributed by atoms with van der Waals surface area (Å²) >= 11 is 0. The van der Waals surface area contributed by atoms with Crippen molar-refractivity contribution in [2.45, 2.75) is 57.5 Å². The smallest absolute Gasteiger partial charge is 0.259 e. The van der Waals surface area contributed by atoms with Gasteiger partial charge in [0.1, 0.15) is 12.2 Å². The minimum absolute atomic E-state index is 0.315. The van der Waals surface area contributed by atoms with E-state index in [1.54, 1.807) is 20.8 Å². The lowest BCUT2D eigenvalue weighted by Crippen LogP contribution is -2.63. The molecule has 2 fully saturated rings. The van der Waals surface area contributed by atoms with Crippen LogP contribution < -0.4 is 0 Å². The lowest BCUT2D eigenvalue weighted by atomic mass is 9.94. The van der Waals surface area contributed by atoms with Gasteiger partial charge in [-0.3, -0.25) is 14.5 Å². The number of hydrogen-bond acceptors (Lipinski definition) is 4. The zero-order valence-corrected chi connectivity index (χ0v) is 9.77. The second kappa shape index (κ2) is 3.53. The third-order valence-electron chi connectivity index (χ3n) is 3.61. The molecular weight excluding hydrogens is 210 g/mol. The molecule has 16 heavy (non-hydrogen) atoms. The Morgan fingerprint density at radius 1 is 1.31 bits per heavy atom. The first-order valence-corrected chi connectivity index (χ1v) is 5.57.